The molecule has 0 saturated heterocycles. The van der Waals surface area contributed by atoms with E-state index in [-0.39, 0.29) is 11.7 Å². The van der Waals surface area contributed by atoms with E-state index in [0.717, 1.165) is 25.7 Å². The van der Waals surface area contributed by atoms with Gasteiger partial charge in [-0.1, -0.05) is 18.9 Å². The number of benzene rings is 1. The predicted molar refractivity (Wildman–Crippen MR) is 81.4 cm³/mol. The lowest BCUT2D eigenvalue weighted by atomic mass is 9.85. The first-order valence-electron chi connectivity index (χ1n) is 7.59. The number of nitrogens with one attached hydrogen (secondary N) is 1. The van der Waals surface area contributed by atoms with E-state index in [1.54, 1.807) is 12.1 Å². The van der Waals surface area contributed by atoms with E-state index in [4.69, 9.17) is 10.5 Å². The zero-order valence-electron chi connectivity index (χ0n) is 13.1. The maximum absolute atomic E-state index is 12.5. The first kappa shape index (κ1) is 17.5. The molecule has 1 aromatic rings. The molecule has 5 nitrogen and oxygen atoms in total. The van der Waals surface area contributed by atoms with Crippen LogP contribution in [0.3, 0.4) is 0 Å². The van der Waals surface area contributed by atoms with Crippen LogP contribution < -0.4 is 20.5 Å². The Kier molecular flexibility index (Phi) is 5.76. The minimum absolute atomic E-state index is 0.0615. The van der Waals surface area contributed by atoms with Crippen molar-refractivity contribution in [3.63, 3.8) is 0 Å². The third-order valence-electron chi connectivity index (χ3n) is 4.35. The van der Waals surface area contributed by atoms with Crippen molar-refractivity contribution < 1.29 is 23.0 Å². The number of primary amides is 1. The SMILES string of the molecule is COc1ccc(CNCC2(C(N)=O)CCCC2)c(OC(F)F)c1. The molecule has 0 atom stereocenters. The van der Waals surface area contributed by atoms with Gasteiger partial charge in [-0.05, 0) is 18.9 Å². The number of alkyl halides is 2. The fourth-order valence-corrected chi connectivity index (χ4v) is 3.01. The van der Waals surface area contributed by atoms with Crippen molar-refractivity contribution in [1.82, 2.24) is 5.32 Å². The van der Waals surface area contributed by atoms with E-state index in [1.807, 2.05) is 0 Å². The van der Waals surface area contributed by atoms with E-state index in [9.17, 15) is 13.6 Å². The molecule has 0 heterocycles. The average Bonchev–Trinajstić information content (AvgIpc) is 2.98. The Morgan fingerprint density at radius 2 is 2.09 bits per heavy atom. The van der Waals surface area contributed by atoms with Crippen molar-refractivity contribution in [3.8, 4) is 11.5 Å². The van der Waals surface area contributed by atoms with Gasteiger partial charge in [0.05, 0.1) is 12.5 Å². The molecule has 7 heteroatoms. The van der Waals surface area contributed by atoms with Gasteiger partial charge in [-0.3, -0.25) is 4.79 Å². The van der Waals surface area contributed by atoms with Gasteiger partial charge in [0.25, 0.3) is 0 Å². The number of halogens is 2. The molecule has 1 aliphatic rings. The fraction of sp³-hybridized carbons (Fsp3) is 0.562. The monoisotopic (exact) mass is 328 g/mol. The van der Waals surface area contributed by atoms with Gasteiger partial charge in [0.15, 0.2) is 0 Å². The number of hydrogen-bond donors (Lipinski definition) is 2. The molecule has 1 saturated carbocycles. The smallest absolute Gasteiger partial charge is 0.387 e. The highest BCUT2D eigenvalue weighted by Crippen LogP contribution is 2.37. The molecule has 1 fully saturated rings. The molecule has 3 N–H and O–H groups in total. The maximum atomic E-state index is 12.5. The number of hydrogen-bond acceptors (Lipinski definition) is 4. The summed E-state index contributed by atoms with van der Waals surface area (Å²) in [5, 5.41) is 3.15. The molecule has 0 aromatic heterocycles. The van der Waals surface area contributed by atoms with Gasteiger partial charge < -0.3 is 20.5 Å². The minimum Gasteiger partial charge on any atom is -0.497 e. The summed E-state index contributed by atoms with van der Waals surface area (Å²) in [5.41, 5.74) is 5.57. The Hall–Kier alpha value is -1.89. The van der Waals surface area contributed by atoms with Crippen LogP contribution in [0.25, 0.3) is 0 Å². The van der Waals surface area contributed by atoms with Gasteiger partial charge in [0, 0.05) is 24.7 Å². The van der Waals surface area contributed by atoms with Crippen molar-refractivity contribution in [1.29, 1.82) is 0 Å². The van der Waals surface area contributed by atoms with E-state index in [0.29, 0.717) is 24.4 Å². The van der Waals surface area contributed by atoms with Gasteiger partial charge in [0.1, 0.15) is 11.5 Å². The molecular weight excluding hydrogens is 306 g/mol. The summed E-state index contributed by atoms with van der Waals surface area (Å²) in [6, 6.07) is 4.76. The molecule has 1 aromatic carbocycles. The maximum Gasteiger partial charge on any atom is 0.387 e. The highest BCUT2D eigenvalue weighted by Gasteiger charge is 2.39. The molecule has 23 heavy (non-hydrogen) atoms. The molecule has 128 valence electrons. The van der Waals surface area contributed by atoms with Crippen molar-refractivity contribution in [2.45, 2.75) is 38.8 Å². The topological polar surface area (TPSA) is 73.6 Å². The lowest BCUT2D eigenvalue weighted by Gasteiger charge is -2.25. The summed E-state index contributed by atoms with van der Waals surface area (Å²) in [6.45, 7) is -2.17. The van der Waals surface area contributed by atoms with Crippen molar-refractivity contribution in [3.05, 3.63) is 23.8 Å². The highest BCUT2D eigenvalue weighted by molar-refractivity contribution is 5.81. The second-order valence-corrected chi connectivity index (χ2v) is 5.81. The predicted octanol–water partition coefficient (Wildman–Crippen LogP) is 2.43. The third kappa shape index (κ3) is 4.31. The lowest BCUT2D eigenvalue weighted by molar-refractivity contribution is -0.127. The Morgan fingerprint density at radius 1 is 1.39 bits per heavy atom. The largest absolute Gasteiger partial charge is 0.497 e. The van der Waals surface area contributed by atoms with Crippen molar-refractivity contribution in [2.75, 3.05) is 13.7 Å². The number of methoxy groups -OCH3 is 1. The number of carbonyl (C=O) groups excluding carboxylic acids is 1. The van der Waals surface area contributed by atoms with E-state index in [1.165, 1.54) is 13.2 Å². The standard InChI is InChI=1S/C16H22F2N2O3/c1-22-12-5-4-11(13(8-12)23-15(17)18)9-20-10-16(14(19)21)6-2-3-7-16/h4-5,8,15,20H,2-3,6-7,9-10H2,1H3,(H2,19,21). The summed E-state index contributed by atoms with van der Waals surface area (Å²) in [5.74, 6) is 0.196. The van der Waals surface area contributed by atoms with Gasteiger partial charge in [0.2, 0.25) is 5.91 Å². The van der Waals surface area contributed by atoms with Crippen molar-refractivity contribution in [2.24, 2.45) is 11.1 Å². The summed E-state index contributed by atoms with van der Waals surface area (Å²) in [7, 11) is 1.45. The summed E-state index contributed by atoms with van der Waals surface area (Å²) in [6.07, 6.45) is 3.48. The number of ether oxygens (including phenoxy) is 2. The van der Waals surface area contributed by atoms with Crippen molar-refractivity contribution >= 4 is 5.91 Å². The number of amides is 1. The van der Waals surface area contributed by atoms with Crippen LogP contribution in [0.15, 0.2) is 18.2 Å². The molecule has 0 unspecified atom stereocenters. The van der Waals surface area contributed by atoms with E-state index in [2.05, 4.69) is 10.1 Å². The number of rotatable bonds is 8. The first-order chi connectivity index (χ1) is 11.0. The molecule has 2 rings (SSSR count). The normalized spacial score (nSPS) is 16.5. The molecule has 0 bridgehead atoms. The zero-order chi connectivity index (χ0) is 16.9. The van der Waals surface area contributed by atoms with Crippen LogP contribution in [0.5, 0.6) is 11.5 Å². The second kappa shape index (κ2) is 7.59. The van der Waals surface area contributed by atoms with Crippen LogP contribution >= 0.6 is 0 Å². The first-order valence-corrected chi connectivity index (χ1v) is 7.59. The van der Waals surface area contributed by atoms with Crippen LogP contribution in [0.4, 0.5) is 8.78 Å². The fourth-order valence-electron chi connectivity index (χ4n) is 3.01. The summed E-state index contributed by atoms with van der Waals surface area (Å²) in [4.78, 5) is 11.7. The minimum atomic E-state index is -2.91. The van der Waals surface area contributed by atoms with Crippen LogP contribution in [-0.2, 0) is 11.3 Å². The Balaban J connectivity index is 2.03. The molecule has 0 radical (unpaired) electrons. The van der Waals surface area contributed by atoms with Gasteiger partial charge in [-0.2, -0.15) is 8.78 Å². The number of nitrogens with two attached hydrogens (primary N) is 1. The quantitative estimate of drug-likeness (QED) is 0.769. The third-order valence-corrected chi connectivity index (χ3v) is 4.35. The molecule has 0 aliphatic heterocycles. The molecule has 0 spiro atoms. The van der Waals surface area contributed by atoms with Crippen LogP contribution in [-0.4, -0.2) is 26.2 Å². The average molecular weight is 328 g/mol. The Morgan fingerprint density at radius 3 is 2.65 bits per heavy atom. The second-order valence-electron chi connectivity index (χ2n) is 5.81. The molecular formula is C16H22F2N2O3. The van der Waals surface area contributed by atoms with Gasteiger partial charge in [-0.15, -0.1) is 0 Å². The highest BCUT2D eigenvalue weighted by atomic mass is 19.3. The van der Waals surface area contributed by atoms with Crippen LogP contribution in [0.2, 0.25) is 0 Å². The zero-order valence-corrected chi connectivity index (χ0v) is 13.1. The van der Waals surface area contributed by atoms with E-state index < -0.39 is 12.0 Å². The summed E-state index contributed by atoms with van der Waals surface area (Å²) < 4.78 is 34.6. The van der Waals surface area contributed by atoms with Gasteiger partial charge in [-0.25, -0.2) is 0 Å². The molecule has 1 amide bonds. The molecule has 1 aliphatic carbocycles. The Labute approximate surface area is 134 Å². The Bertz CT molecular complexity index is 546. The summed E-state index contributed by atoms with van der Waals surface area (Å²) >= 11 is 0. The number of carbonyl (C=O) groups is 1. The lowest BCUT2D eigenvalue weighted by Crippen LogP contribution is -2.42. The van der Waals surface area contributed by atoms with Crippen LogP contribution in [0, 0.1) is 5.41 Å². The van der Waals surface area contributed by atoms with Gasteiger partial charge >= 0.3 is 6.61 Å². The van der Waals surface area contributed by atoms with Crippen LogP contribution in [0.1, 0.15) is 31.2 Å². The van der Waals surface area contributed by atoms with E-state index >= 15 is 0 Å².